The number of fused-ring (bicyclic) bond motifs is 1. The summed E-state index contributed by atoms with van der Waals surface area (Å²) in [5, 5.41) is 0. The highest BCUT2D eigenvalue weighted by molar-refractivity contribution is 5.74. The van der Waals surface area contributed by atoms with Crippen LogP contribution in [0.25, 0.3) is 11.2 Å². The van der Waals surface area contributed by atoms with Crippen LogP contribution in [0.4, 0.5) is 0 Å². The second-order valence-electron chi connectivity index (χ2n) is 4.42. The fourth-order valence-electron chi connectivity index (χ4n) is 2.13. The maximum Gasteiger partial charge on any atom is 0.225 e. The van der Waals surface area contributed by atoms with Gasteiger partial charge >= 0.3 is 0 Å². The molecular formula is C13H20N2O. The SMILES string of the molecule is CCCCCCCc1[nH]c2ocnc2c1C. The van der Waals surface area contributed by atoms with Gasteiger partial charge in [0.15, 0.2) is 6.39 Å². The van der Waals surface area contributed by atoms with E-state index in [1.807, 2.05) is 0 Å². The van der Waals surface area contributed by atoms with Crippen molar-refractivity contribution >= 4 is 11.2 Å². The third kappa shape index (κ3) is 2.29. The Labute approximate surface area is 96.3 Å². The zero-order chi connectivity index (χ0) is 11.4. The molecule has 0 fully saturated rings. The van der Waals surface area contributed by atoms with Gasteiger partial charge in [0, 0.05) is 5.69 Å². The molecule has 2 aromatic heterocycles. The van der Waals surface area contributed by atoms with E-state index in [1.165, 1.54) is 49.8 Å². The van der Waals surface area contributed by atoms with Crippen LogP contribution in [0.1, 0.15) is 50.3 Å². The zero-order valence-electron chi connectivity index (χ0n) is 10.2. The third-order valence-electron chi connectivity index (χ3n) is 3.17. The number of nitrogens with zero attached hydrogens (tertiary/aromatic N) is 1. The van der Waals surface area contributed by atoms with Crippen molar-refractivity contribution in [2.24, 2.45) is 0 Å². The van der Waals surface area contributed by atoms with Gasteiger partial charge in [-0.3, -0.25) is 0 Å². The first-order chi connectivity index (χ1) is 7.83. The lowest BCUT2D eigenvalue weighted by Crippen LogP contribution is -1.89. The lowest BCUT2D eigenvalue weighted by atomic mass is 10.1. The molecule has 0 spiro atoms. The molecule has 0 bridgehead atoms. The summed E-state index contributed by atoms with van der Waals surface area (Å²) in [5.74, 6) is 0. The van der Waals surface area contributed by atoms with E-state index < -0.39 is 0 Å². The van der Waals surface area contributed by atoms with Crippen LogP contribution in [0, 0.1) is 6.92 Å². The summed E-state index contributed by atoms with van der Waals surface area (Å²) in [6.07, 6.45) is 9.20. The summed E-state index contributed by atoms with van der Waals surface area (Å²) >= 11 is 0. The number of aromatic nitrogens is 2. The minimum atomic E-state index is 0.820. The minimum absolute atomic E-state index is 0.820. The Bertz CT molecular complexity index is 442. The molecule has 1 N–H and O–H groups in total. The van der Waals surface area contributed by atoms with Gasteiger partial charge in [0.2, 0.25) is 5.71 Å². The first-order valence-corrected chi connectivity index (χ1v) is 6.23. The van der Waals surface area contributed by atoms with E-state index in [4.69, 9.17) is 4.42 Å². The number of H-pyrrole nitrogens is 1. The topological polar surface area (TPSA) is 41.8 Å². The van der Waals surface area contributed by atoms with Gasteiger partial charge in [0.25, 0.3) is 0 Å². The fourth-order valence-corrected chi connectivity index (χ4v) is 2.13. The lowest BCUT2D eigenvalue weighted by Gasteiger charge is -2.00. The lowest BCUT2D eigenvalue weighted by molar-refractivity contribution is 0.587. The van der Waals surface area contributed by atoms with Crippen molar-refractivity contribution in [2.75, 3.05) is 0 Å². The molecule has 0 unspecified atom stereocenters. The van der Waals surface area contributed by atoms with E-state index in [0.717, 1.165) is 17.7 Å². The Hall–Kier alpha value is -1.25. The van der Waals surface area contributed by atoms with Crippen molar-refractivity contribution in [3.8, 4) is 0 Å². The van der Waals surface area contributed by atoms with Crippen molar-refractivity contribution < 1.29 is 4.42 Å². The van der Waals surface area contributed by atoms with E-state index in [1.54, 1.807) is 0 Å². The summed E-state index contributed by atoms with van der Waals surface area (Å²) in [5.41, 5.74) is 4.35. The minimum Gasteiger partial charge on any atom is -0.427 e. The van der Waals surface area contributed by atoms with Crippen LogP contribution in [0.5, 0.6) is 0 Å². The molecule has 2 heterocycles. The predicted molar refractivity (Wildman–Crippen MR) is 65.6 cm³/mol. The number of oxazole rings is 1. The van der Waals surface area contributed by atoms with Crippen LogP contribution in [0.3, 0.4) is 0 Å². The van der Waals surface area contributed by atoms with Crippen LogP contribution in [0.15, 0.2) is 10.8 Å². The maximum atomic E-state index is 5.26. The average molecular weight is 220 g/mol. The Morgan fingerprint density at radius 1 is 1.25 bits per heavy atom. The summed E-state index contributed by atoms with van der Waals surface area (Å²) in [6.45, 7) is 4.36. The quantitative estimate of drug-likeness (QED) is 0.748. The molecule has 0 saturated heterocycles. The summed E-state index contributed by atoms with van der Waals surface area (Å²) in [4.78, 5) is 7.50. The van der Waals surface area contributed by atoms with Crippen LogP contribution in [-0.2, 0) is 6.42 Å². The number of aryl methyl sites for hydroxylation is 2. The monoisotopic (exact) mass is 220 g/mol. The summed E-state index contributed by atoms with van der Waals surface area (Å²) in [6, 6.07) is 0. The highest BCUT2D eigenvalue weighted by Crippen LogP contribution is 2.21. The van der Waals surface area contributed by atoms with Crippen molar-refractivity contribution in [2.45, 2.75) is 52.4 Å². The van der Waals surface area contributed by atoms with Gasteiger partial charge in [-0.05, 0) is 25.3 Å². The van der Waals surface area contributed by atoms with Crippen LogP contribution in [-0.4, -0.2) is 9.97 Å². The second-order valence-corrected chi connectivity index (χ2v) is 4.42. The molecule has 0 amide bonds. The maximum absolute atomic E-state index is 5.26. The van der Waals surface area contributed by atoms with Crippen molar-refractivity contribution in [1.29, 1.82) is 0 Å². The molecule has 2 rings (SSSR count). The normalized spacial score (nSPS) is 11.4. The van der Waals surface area contributed by atoms with E-state index >= 15 is 0 Å². The van der Waals surface area contributed by atoms with E-state index in [0.29, 0.717) is 0 Å². The van der Waals surface area contributed by atoms with Gasteiger partial charge in [0.05, 0.1) is 0 Å². The van der Waals surface area contributed by atoms with Crippen LogP contribution >= 0.6 is 0 Å². The van der Waals surface area contributed by atoms with E-state index in [-0.39, 0.29) is 0 Å². The highest BCUT2D eigenvalue weighted by Gasteiger charge is 2.10. The predicted octanol–water partition coefficient (Wildman–Crippen LogP) is 3.98. The van der Waals surface area contributed by atoms with Gasteiger partial charge in [-0.15, -0.1) is 0 Å². The van der Waals surface area contributed by atoms with Gasteiger partial charge in [-0.1, -0.05) is 32.6 Å². The number of rotatable bonds is 6. The molecule has 3 nitrogen and oxygen atoms in total. The largest absolute Gasteiger partial charge is 0.427 e. The number of hydrogen-bond donors (Lipinski definition) is 1. The first kappa shape index (κ1) is 11.2. The molecule has 0 radical (unpaired) electrons. The molecule has 0 aliphatic carbocycles. The fraction of sp³-hybridized carbons (Fsp3) is 0.615. The second kappa shape index (κ2) is 5.19. The molecule has 0 aromatic carbocycles. The number of aromatic amines is 1. The number of hydrogen-bond acceptors (Lipinski definition) is 2. The Morgan fingerprint density at radius 2 is 2.06 bits per heavy atom. The molecule has 0 saturated carbocycles. The smallest absolute Gasteiger partial charge is 0.225 e. The molecule has 0 aliphatic heterocycles. The van der Waals surface area contributed by atoms with Crippen molar-refractivity contribution in [3.05, 3.63) is 17.7 Å². The van der Waals surface area contributed by atoms with E-state index in [2.05, 4.69) is 23.8 Å². The third-order valence-corrected chi connectivity index (χ3v) is 3.17. The molecule has 16 heavy (non-hydrogen) atoms. The van der Waals surface area contributed by atoms with Crippen molar-refractivity contribution in [3.63, 3.8) is 0 Å². The molecule has 0 aliphatic rings. The average Bonchev–Trinajstić information content (AvgIpc) is 2.83. The molecule has 3 heteroatoms. The van der Waals surface area contributed by atoms with Crippen LogP contribution in [0.2, 0.25) is 0 Å². The first-order valence-electron chi connectivity index (χ1n) is 6.23. The standard InChI is InChI=1S/C13H20N2O/c1-3-4-5-6-7-8-11-10(2)12-13(15-11)16-9-14-12/h9,15H,3-8H2,1-2H3. The van der Waals surface area contributed by atoms with Gasteiger partial charge in [-0.25, -0.2) is 4.98 Å². The zero-order valence-corrected chi connectivity index (χ0v) is 10.2. The van der Waals surface area contributed by atoms with Crippen LogP contribution < -0.4 is 0 Å². The highest BCUT2D eigenvalue weighted by atomic mass is 16.3. The summed E-state index contributed by atoms with van der Waals surface area (Å²) < 4.78 is 5.26. The Kier molecular flexibility index (Phi) is 3.65. The van der Waals surface area contributed by atoms with Gasteiger partial charge < -0.3 is 9.40 Å². The molecule has 0 atom stereocenters. The Balaban J connectivity index is 1.89. The number of unbranched alkanes of at least 4 members (excludes halogenated alkanes) is 4. The van der Waals surface area contributed by atoms with Crippen molar-refractivity contribution in [1.82, 2.24) is 9.97 Å². The molecule has 2 aromatic rings. The Morgan fingerprint density at radius 3 is 2.81 bits per heavy atom. The molecule has 88 valence electrons. The van der Waals surface area contributed by atoms with Gasteiger partial charge in [0.1, 0.15) is 5.52 Å². The van der Waals surface area contributed by atoms with Gasteiger partial charge in [-0.2, -0.15) is 0 Å². The number of nitrogens with one attached hydrogen (secondary N) is 1. The molecular weight excluding hydrogens is 200 g/mol. The van der Waals surface area contributed by atoms with E-state index in [9.17, 15) is 0 Å². The summed E-state index contributed by atoms with van der Waals surface area (Å²) in [7, 11) is 0.